The van der Waals surface area contributed by atoms with Gasteiger partial charge in [-0.15, -0.1) is 10.2 Å². The molecule has 0 spiro atoms. The van der Waals surface area contributed by atoms with Crippen LogP contribution in [-0.2, 0) is 10.0 Å². The van der Waals surface area contributed by atoms with Crippen LogP contribution >= 0.6 is 0 Å². The molecule has 11 nitrogen and oxygen atoms in total. The summed E-state index contributed by atoms with van der Waals surface area (Å²) < 4.78 is 75.5. The van der Waals surface area contributed by atoms with E-state index in [0.717, 1.165) is 16.1 Å². The number of alkyl halides is 3. The fourth-order valence-electron chi connectivity index (χ4n) is 4.45. The summed E-state index contributed by atoms with van der Waals surface area (Å²) in [5, 5.41) is 15.1. The first-order valence-electron chi connectivity index (χ1n) is 11.5. The second-order valence-corrected chi connectivity index (χ2v) is 11.0. The molecule has 0 amide bonds. The highest BCUT2D eigenvalue weighted by Crippen LogP contribution is 2.35. The first kappa shape index (κ1) is 25.2. The standard InChI is InChI=1S/C22H25F3N8O3S/c1-13(11-23)33-17-10-14(4-5-16(17)28-30-33)15-6-9-32-19(15)20(36-2)27-21(29-32)26-18-7-8-31(37(3,34)35)12-22(18,24)25/h4-6,9-10,13,18H,7-8,11-12H2,1-3H3,(H,26,29)/t13-,18+/m0/s1. The summed E-state index contributed by atoms with van der Waals surface area (Å²) in [7, 11) is -2.32. The minimum Gasteiger partial charge on any atom is -0.479 e. The summed E-state index contributed by atoms with van der Waals surface area (Å²) in [4.78, 5) is 4.31. The van der Waals surface area contributed by atoms with Gasteiger partial charge in [-0.3, -0.25) is 0 Å². The van der Waals surface area contributed by atoms with Crippen LogP contribution in [0, 0.1) is 0 Å². The SMILES string of the molecule is COc1nc(N[C@@H]2CCN(S(C)(=O)=O)CC2(F)F)nn2ccc(-c3ccc4nnn([C@@H](C)CF)c4c3)c12. The molecule has 5 rings (SSSR count). The molecule has 0 saturated carbocycles. The topological polar surface area (TPSA) is 120 Å². The smallest absolute Gasteiger partial charge is 0.281 e. The maximum atomic E-state index is 14.8. The number of benzene rings is 1. The predicted molar refractivity (Wildman–Crippen MR) is 130 cm³/mol. The lowest BCUT2D eigenvalue weighted by Gasteiger charge is -2.37. The van der Waals surface area contributed by atoms with Crippen molar-refractivity contribution in [1.82, 2.24) is 33.9 Å². The Hall–Kier alpha value is -3.46. The van der Waals surface area contributed by atoms with E-state index < -0.39 is 41.2 Å². The van der Waals surface area contributed by atoms with E-state index in [2.05, 4.69) is 25.7 Å². The highest BCUT2D eigenvalue weighted by molar-refractivity contribution is 7.88. The lowest BCUT2D eigenvalue weighted by atomic mass is 10.0. The molecular weight excluding hydrogens is 513 g/mol. The van der Waals surface area contributed by atoms with Gasteiger partial charge in [-0.2, -0.15) is 9.29 Å². The number of nitrogens with one attached hydrogen (secondary N) is 1. The van der Waals surface area contributed by atoms with Crippen molar-refractivity contribution in [1.29, 1.82) is 0 Å². The largest absolute Gasteiger partial charge is 0.479 e. The van der Waals surface area contributed by atoms with E-state index in [9.17, 15) is 21.6 Å². The summed E-state index contributed by atoms with van der Waals surface area (Å²) in [6.45, 7) is 0.135. The van der Waals surface area contributed by atoms with Gasteiger partial charge < -0.3 is 10.1 Å². The van der Waals surface area contributed by atoms with Gasteiger partial charge in [-0.1, -0.05) is 11.3 Å². The fraction of sp³-hybridized carbons (Fsp3) is 0.455. The number of methoxy groups -OCH3 is 1. The van der Waals surface area contributed by atoms with E-state index in [0.29, 0.717) is 22.1 Å². The summed E-state index contributed by atoms with van der Waals surface area (Å²) in [5.74, 6) is -3.27. The fourth-order valence-corrected chi connectivity index (χ4v) is 5.29. The van der Waals surface area contributed by atoms with Gasteiger partial charge in [0.05, 0.1) is 37.5 Å². The van der Waals surface area contributed by atoms with Crippen LogP contribution in [0.4, 0.5) is 19.1 Å². The van der Waals surface area contributed by atoms with Crippen LogP contribution in [0.3, 0.4) is 0 Å². The predicted octanol–water partition coefficient (Wildman–Crippen LogP) is 2.76. The molecule has 1 aliphatic heterocycles. The van der Waals surface area contributed by atoms with Crippen molar-refractivity contribution in [3.05, 3.63) is 30.5 Å². The van der Waals surface area contributed by atoms with Crippen molar-refractivity contribution in [2.24, 2.45) is 0 Å². The molecule has 4 heterocycles. The Kier molecular flexibility index (Phi) is 6.22. The molecule has 3 aromatic heterocycles. The number of fused-ring (bicyclic) bond motifs is 2. The number of rotatable bonds is 7. The van der Waals surface area contributed by atoms with E-state index in [1.165, 1.54) is 16.3 Å². The molecule has 4 aromatic rings. The van der Waals surface area contributed by atoms with Crippen molar-refractivity contribution >= 4 is 32.5 Å². The van der Waals surface area contributed by atoms with Crippen LogP contribution < -0.4 is 10.1 Å². The number of ether oxygens (including phenoxy) is 1. The molecule has 198 valence electrons. The molecule has 15 heteroatoms. The van der Waals surface area contributed by atoms with Gasteiger partial charge >= 0.3 is 0 Å². The molecule has 0 radical (unpaired) electrons. The lowest BCUT2D eigenvalue weighted by Crippen LogP contribution is -2.55. The maximum Gasteiger partial charge on any atom is 0.281 e. The molecule has 1 aromatic carbocycles. The molecule has 2 atom stereocenters. The number of hydrogen-bond donors (Lipinski definition) is 1. The van der Waals surface area contributed by atoms with Crippen LogP contribution in [0.1, 0.15) is 19.4 Å². The average Bonchev–Trinajstić information content (AvgIpc) is 3.47. The lowest BCUT2D eigenvalue weighted by molar-refractivity contribution is -0.0541. The summed E-state index contributed by atoms with van der Waals surface area (Å²) >= 11 is 0. The molecule has 37 heavy (non-hydrogen) atoms. The summed E-state index contributed by atoms with van der Waals surface area (Å²) in [5.41, 5.74) is 3.24. The number of piperidine rings is 1. The van der Waals surface area contributed by atoms with E-state index in [-0.39, 0.29) is 24.8 Å². The third kappa shape index (κ3) is 4.56. The number of halogens is 3. The second kappa shape index (κ2) is 9.13. The zero-order valence-corrected chi connectivity index (χ0v) is 21.1. The monoisotopic (exact) mass is 538 g/mol. The first-order valence-corrected chi connectivity index (χ1v) is 13.3. The first-order chi connectivity index (χ1) is 17.5. The molecule has 1 aliphatic rings. The number of aromatic nitrogens is 6. The van der Waals surface area contributed by atoms with Gasteiger partial charge in [0.1, 0.15) is 17.7 Å². The molecule has 1 saturated heterocycles. The Morgan fingerprint density at radius 2 is 2.08 bits per heavy atom. The second-order valence-electron chi connectivity index (χ2n) is 9.05. The van der Waals surface area contributed by atoms with Crippen molar-refractivity contribution in [2.45, 2.75) is 31.4 Å². The third-order valence-electron chi connectivity index (χ3n) is 6.43. The van der Waals surface area contributed by atoms with Gasteiger partial charge in [0.2, 0.25) is 21.9 Å². The summed E-state index contributed by atoms with van der Waals surface area (Å²) in [6, 6.07) is 5.37. The number of anilines is 1. The highest BCUT2D eigenvalue weighted by atomic mass is 32.2. The van der Waals surface area contributed by atoms with Crippen LogP contribution in [0.2, 0.25) is 0 Å². The van der Waals surface area contributed by atoms with Crippen molar-refractivity contribution < 1.29 is 26.3 Å². The molecule has 0 bridgehead atoms. The maximum absolute atomic E-state index is 14.8. The quantitative estimate of drug-likeness (QED) is 0.382. The molecule has 0 aliphatic carbocycles. The Balaban J connectivity index is 1.49. The minimum atomic E-state index is -3.73. The van der Waals surface area contributed by atoms with Crippen molar-refractivity contribution in [3.63, 3.8) is 0 Å². The van der Waals surface area contributed by atoms with Crippen molar-refractivity contribution in [2.75, 3.05) is 38.4 Å². The Morgan fingerprint density at radius 1 is 1.30 bits per heavy atom. The minimum absolute atomic E-state index is 0.0475. The van der Waals surface area contributed by atoms with Gasteiger partial charge in [-0.25, -0.2) is 30.8 Å². The van der Waals surface area contributed by atoms with E-state index in [4.69, 9.17) is 4.74 Å². The van der Waals surface area contributed by atoms with Gasteiger partial charge in [-0.05, 0) is 37.1 Å². The van der Waals surface area contributed by atoms with Crippen LogP contribution in [0.5, 0.6) is 5.88 Å². The van der Waals surface area contributed by atoms with Crippen LogP contribution in [-0.4, -0.2) is 87.4 Å². The average molecular weight is 539 g/mol. The number of hydrogen-bond acceptors (Lipinski definition) is 8. The third-order valence-corrected chi connectivity index (χ3v) is 7.68. The van der Waals surface area contributed by atoms with E-state index in [1.807, 2.05) is 12.1 Å². The molecule has 1 fully saturated rings. The summed E-state index contributed by atoms with van der Waals surface area (Å²) in [6.07, 6.45) is 2.43. The normalized spacial score (nSPS) is 19.4. The highest BCUT2D eigenvalue weighted by Gasteiger charge is 2.47. The van der Waals surface area contributed by atoms with Gasteiger partial charge in [0.15, 0.2) is 0 Å². The van der Waals surface area contributed by atoms with Gasteiger partial charge in [0, 0.05) is 18.3 Å². The Morgan fingerprint density at radius 3 is 2.76 bits per heavy atom. The number of sulfonamides is 1. The zero-order chi connectivity index (χ0) is 26.5. The Bertz CT molecular complexity index is 1570. The van der Waals surface area contributed by atoms with E-state index in [1.54, 1.807) is 25.3 Å². The van der Waals surface area contributed by atoms with Crippen LogP contribution in [0.15, 0.2) is 30.5 Å². The molecular formula is C22H25F3N8O3S. The Labute approximate surface area is 210 Å². The number of nitrogens with zero attached hydrogens (tertiary/aromatic N) is 7. The van der Waals surface area contributed by atoms with Crippen molar-refractivity contribution in [3.8, 4) is 17.0 Å². The van der Waals surface area contributed by atoms with Gasteiger partial charge in [0.25, 0.3) is 5.92 Å². The zero-order valence-electron chi connectivity index (χ0n) is 20.3. The van der Waals surface area contributed by atoms with E-state index >= 15 is 0 Å². The molecule has 0 unspecified atom stereocenters. The molecule has 1 N–H and O–H groups in total. The van der Waals surface area contributed by atoms with Crippen LogP contribution in [0.25, 0.3) is 27.7 Å².